The van der Waals surface area contributed by atoms with E-state index in [2.05, 4.69) is 20.6 Å². The highest BCUT2D eigenvalue weighted by atomic mass is 16.5. The second-order valence-corrected chi connectivity index (χ2v) is 8.13. The maximum absolute atomic E-state index is 12.7. The topological polar surface area (TPSA) is 106 Å². The molecule has 4 aromatic rings. The summed E-state index contributed by atoms with van der Waals surface area (Å²) in [5.74, 6) is 0.485. The first-order chi connectivity index (χ1) is 16.6. The highest BCUT2D eigenvalue weighted by Crippen LogP contribution is 2.29. The van der Waals surface area contributed by atoms with Crippen LogP contribution in [0, 0.1) is 6.92 Å². The van der Waals surface area contributed by atoms with Gasteiger partial charge in [0.2, 0.25) is 5.89 Å². The molecule has 1 fully saturated rings. The molecule has 0 spiro atoms. The Morgan fingerprint density at radius 3 is 2.71 bits per heavy atom. The van der Waals surface area contributed by atoms with Crippen molar-refractivity contribution >= 4 is 28.4 Å². The number of rotatable bonds is 6. The van der Waals surface area contributed by atoms with Gasteiger partial charge in [-0.25, -0.2) is 9.97 Å². The molecule has 5 rings (SSSR count). The second-order valence-electron chi connectivity index (χ2n) is 8.13. The predicted molar refractivity (Wildman–Crippen MR) is 127 cm³/mol. The van der Waals surface area contributed by atoms with Crippen molar-refractivity contribution in [2.75, 3.05) is 11.9 Å². The number of amides is 2. The van der Waals surface area contributed by atoms with Gasteiger partial charge in [0.15, 0.2) is 0 Å². The molecule has 1 aliphatic heterocycles. The molecule has 2 aromatic carbocycles. The molecule has 0 radical (unpaired) electrons. The lowest BCUT2D eigenvalue weighted by Gasteiger charge is -2.12. The van der Waals surface area contributed by atoms with Crippen LogP contribution in [-0.4, -0.2) is 34.5 Å². The van der Waals surface area contributed by atoms with Crippen LogP contribution in [0.15, 0.2) is 65.1 Å². The summed E-state index contributed by atoms with van der Waals surface area (Å²) in [5, 5.41) is 6.76. The summed E-state index contributed by atoms with van der Waals surface area (Å²) in [6.45, 7) is 2.58. The molecule has 0 saturated carbocycles. The number of oxazole rings is 1. The van der Waals surface area contributed by atoms with Gasteiger partial charge < -0.3 is 19.8 Å². The van der Waals surface area contributed by atoms with Gasteiger partial charge >= 0.3 is 0 Å². The molecule has 2 N–H and O–H groups in total. The molecule has 2 amide bonds. The molecule has 1 atom stereocenters. The normalized spacial score (nSPS) is 15.4. The Kier molecular flexibility index (Phi) is 6.05. The van der Waals surface area contributed by atoms with Crippen LogP contribution in [0.3, 0.4) is 0 Å². The minimum absolute atomic E-state index is 0.177. The van der Waals surface area contributed by atoms with Crippen LogP contribution < -0.4 is 10.6 Å². The Morgan fingerprint density at radius 2 is 1.85 bits per heavy atom. The minimum Gasteiger partial charge on any atom is -0.441 e. The van der Waals surface area contributed by atoms with Crippen molar-refractivity contribution in [2.45, 2.75) is 32.4 Å². The van der Waals surface area contributed by atoms with Crippen molar-refractivity contribution in [2.24, 2.45) is 0 Å². The summed E-state index contributed by atoms with van der Waals surface area (Å²) < 4.78 is 11.4. The number of anilines is 1. The number of aromatic nitrogens is 2. The van der Waals surface area contributed by atoms with Crippen molar-refractivity contribution in [1.82, 2.24) is 15.3 Å². The zero-order chi connectivity index (χ0) is 23.5. The van der Waals surface area contributed by atoms with Gasteiger partial charge in [-0.15, -0.1) is 0 Å². The summed E-state index contributed by atoms with van der Waals surface area (Å²) in [4.78, 5) is 34.2. The van der Waals surface area contributed by atoms with E-state index >= 15 is 0 Å². The van der Waals surface area contributed by atoms with Crippen LogP contribution in [0.5, 0.6) is 0 Å². The first-order valence-electron chi connectivity index (χ1n) is 11.2. The maximum Gasteiger partial charge on any atom is 0.270 e. The largest absolute Gasteiger partial charge is 0.441 e. The van der Waals surface area contributed by atoms with E-state index in [-0.39, 0.29) is 18.4 Å². The number of hydrogen-bond donors (Lipinski definition) is 2. The lowest BCUT2D eigenvalue weighted by atomic mass is 10.1. The van der Waals surface area contributed by atoms with Gasteiger partial charge in [-0.3, -0.25) is 9.59 Å². The molecule has 172 valence electrons. The molecule has 0 bridgehead atoms. The number of ether oxygens (including phenoxy) is 1. The first-order valence-corrected chi connectivity index (χ1v) is 11.2. The molecule has 8 heteroatoms. The fourth-order valence-corrected chi connectivity index (χ4v) is 3.93. The molecular weight excluding hydrogens is 432 g/mol. The van der Waals surface area contributed by atoms with E-state index in [1.165, 1.54) is 0 Å². The van der Waals surface area contributed by atoms with E-state index in [0.717, 1.165) is 17.3 Å². The van der Waals surface area contributed by atoms with Gasteiger partial charge in [0, 0.05) is 12.0 Å². The van der Waals surface area contributed by atoms with Crippen molar-refractivity contribution < 1.29 is 18.7 Å². The number of hydrogen-bond acceptors (Lipinski definition) is 6. The van der Waals surface area contributed by atoms with E-state index in [9.17, 15) is 9.59 Å². The lowest BCUT2D eigenvalue weighted by molar-refractivity contribution is -0.124. The third-order valence-corrected chi connectivity index (χ3v) is 5.78. The molecule has 1 aliphatic rings. The van der Waals surface area contributed by atoms with Crippen LogP contribution in [0.25, 0.3) is 22.4 Å². The summed E-state index contributed by atoms with van der Waals surface area (Å²) in [5.41, 5.74) is 2.95. The summed E-state index contributed by atoms with van der Waals surface area (Å²) in [6, 6.07) is 18.5. The summed E-state index contributed by atoms with van der Waals surface area (Å²) >= 11 is 0. The molecule has 3 heterocycles. The number of nitrogens with one attached hydrogen (secondary N) is 2. The van der Waals surface area contributed by atoms with Gasteiger partial charge in [-0.2, -0.15) is 0 Å². The standard InChI is InChI=1S/C26H24N4O4/c1-16-22(15-27-24(31)21-13-12-17-7-2-4-9-19(17)28-21)30-26(34-16)18-8-3-5-10-20(18)29-25(32)23-11-6-14-33-23/h2-5,7-10,12-13,23H,6,11,14-15H2,1H3,(H,27,31)(H,29,32). The van der Waals surface area contributed by atoms with E-state index in [4.69, 9.17) is 9.15 Å². The Labute approximate surface area is 196 Å². The van der Waals surface area contributed by atoms with Crippen LogP contribution in [0.4, 0.5) is 5.69 Å². The molecule has 2 aromatic heterocycles. The average molecular weight is 457 g/mol. The number of pyridine rings is 1. The number of fused-ring (bicyclic) bond motifs is 1. The number of carbonyl (C=O) groups excluding carboxylic acids is 2. The highest BCUT2D eigenvalue weighted by Gasteiger charge is 2.25. The Bertz CT molecular complexity index is 1360. The summed E-state index contributed by atoms with van der Waals surface area (Å²) in [6.07, 6.45) is 1.15. The van der Waals surface area contributed by atoms with Gasteiger partial charge in [0.05, 0.1) is 23.3 Å². The molecule has 1 unspecified atom stereocenters. The predicted octanol–water partition coefficient (Wildman–Crippen LogP) is 4.25. The van der Waals surface area contributed by atoms with E-state index in [0.29, 0.717) is 47.3 Å². The Hall–Kier alpha value is -4.04. The smallest absolute Gasteiger partial charge is 0.270 e. The molecular formula is C26H24N4O4. The molecule has 8 nitrogen and oxygen atoms in total. The van der Waals surface area contributed by atoms with Gasteiger partial charge in [0.25, 0.3) is 11.8 Å². The van der Waals surface area contributed by atoms with Gasteiger partial charge in [-0.05, 0) is 44.0 Å². The minimum atomic E-state index is -0.436. The van der Waals surface area contributed by atoms with Crippen molar-refractivity contribution in [3.8, 4) is 11.5 Å². The molecule has 0 aliphatic carbocycles. The number of aryl methyl sites for hydroxylation is 1. The van der Waals surface area contributed by atoms with Gasteiger partial charge in [0.1, 0.15) is 23.3 Å². The zero-order valence-electron chi connectivity index (χ0n) is 18.7. The monoisotopic (exact) mass is 456 g/mol. The SMILES string of the molecule is Cc1oc(-c2ccccc2NC(=O)C2CCCO2)nc1CNC(=O)c1ccc2ccccc2n1. The quantitative estimate of drug-likeness (QED) is 0.449. The van der Waals surface area contributed by atoms with Crippen LogP contribution >= 0.6 is 0 Å². The third-order valence-electron chi connectivity index (χ3n) is 5.78. The first kappa shape index (κ1) is 21.8. The lowest BCUT2D eigenvalue weighted by Crippen LogP contribution is -2.27. The Morgan fingerprint density at radius 1 is 1.03 bits per heavy atom. The zero-order valence-corrected chi connectivity index (χ0v) is 18.7. The second kappa shape index (κ2) is 9.44. The Balaban J connectivity index is 1.30. The van der Waals surface area contributed by atoms with Crippen LogP contribution in [0.1, 0.15) is 34.8 Å². The molecule has 34 heavy (non-hydrogen) atoms. The number of carbonyl (C=O) groups is 2. The van der Waals surface area contributed by atoms with Crippen molar-refractivity contribution in [1.29, 1.82) is 0 Å². The van der Waals surface area contributed by atoms with E-state index in [1.807, 2.05) is 48.5 Å². The fraction of sp³-hybridized carbons (Fsp3) is 0.231. The van der Waals surface area contributed by atoms with Crippen molar-refractivity contribution in [3.05, 3.63) is 77.8 Å². The van der Waals surface area contributed by atoms with Crippen LogP contribution in [-0.2, 0) is 16.1 Å². The number of nitrogens with zero attached hydrogens (tertiary/aromatic N) is 2. The van der Waals surface area contributed by atoms with E-state index in [1.54, 1.807) is 19.1 Å². The number of para-hydroxylation sites is 2. The van der Waals surface area contributed by atoms with Gasteiger partial charge in [-0.1, -0.05) is 36.4 Å². The van der Waals surface area contributed by atoms with Crippen LogP contribution in [0.2, 0.25) is 0 Å². The average Bonchev–Trinajstić information content (AvgIpc) is 3.53. The van der Waals surface area contributed by atoms with E-state index < -0.39 is 6.10 Å². The third kappa shape index (κ3) is 4.53. The maximum atomic E-state index is 12.7. The molecule has 1 saturated heterocycles. The fourth-order valence-electron chi connectivity index (χ4n) is 3.93. The summed E-state index contributed by atoms with van der Waals surface area (Å²) in [7, 11) is 0. The number of benzene rings is 2. The van der Waals surface area contributed by atoms with Crippen molar-refractivity contribution in [3.63, 3.8) is 0 Å². The highest BCUT2D eigenvalue weighted by molar-refractivity contribution is 5.97.